The molecule has 0 atom stereocenters. The second-order valence-corrected chi connectivity index (χ2v) is 8.24. The maximum atomic E-state index is 12.7. The molecule has 1 saturated heterocycles. The fraction of sp³-hybridized carbons (Fsp3) is 0.280. The number of carbonyl (C=O) groups excluding carboxylic acids is 1. The fourth-order valence-corrected chi connectivity index (χ4v) is 4.03. The van der Waals surface area contributed by atoms with Crippen LogP contribution < -0.4 is 11.1 Å². The van der Waals surface area contributed by atoms with E-state index >= 15 is 0 Å². The largest absolute Gasteiger partial charge is 0.382 e. The number of carbonyl (C=O) groups is 1. The standard InChI is InChI=1S/C25H27N7O2/c26-23-22(24-30-19-7-1-2-8-20(19)31-24)29-21(16-28-23)17-5-3-6-18(15-17)25(33)27-9-4-10-32-11-13-34-14-12-32/h1-3,5-8,15-16H,4,9-14H2,(H2,26,28)(H,27,33)(H,30,31). The predicted molar refractivity (Wildman–Crippen MR) is 131 cm³/mol. The van der Waals surface area contributed by atoms with Gasteiger partial charge >= 0.3 is 0 Å². The highest BCUT2D eigenvalue weighted by atomic mass is 16.5. The maximum absolute atomic E-state index is 12.7. The van der Waals surface area contributed by atoms with Gasteiger partial charge in [-0.05, 0) is 37.2 Å². The number of amides is 1. The van der Waals surface area contributed by atoms with Crippen LogP contribution in [0.4, 0.5) is 5.82 Å². The lowest BCUT2D eigenvalue weighted by Gasteiger charge is -2.26. The normalized spacial score (nSPS) is 14.4. The summed E-state index contributed by atoms with van der Waals surface area (Å²) < 4.78 is 5.37. The zero-order valence-corrected chi connectivity index (χ0v) is 18.8. The number of nitrogens with two attached hydrogens (primary N) is 1. The van der Waals surface area contributed by atoms with Gasteiger partial charge in [0.2, 0.25) is 0 Å². The van der Waals surface area contributed by atoms with Gasteiger partial charge in [0.15, 0.2) is 11.6 Å². The summed E-state index contributed by atoms with van der Waals surface area (Å²) in [5.74, 6) is 0.740. The van der Waals surface area contributed by atoms with E-state index < -0.39 is 0 Å². The topological polar surface area (TPSA) is 122 Å². The highest BCUT2D eigenvalue weighted by molar-refractivity contribution is 5.95. The van der Waals surface area contributed by atoms with E-state index in [2.05, 4.69) is 25.2 Å². The second kappa shape index (κ2) is 9.98. The predicted octanol–water partition coefficient (Wildman–Crippen LogP) is 2.72. The van der Waals surface area contributed by atoms with Gasteiger partial charge in [-0.3, -0.25) is 9.69 Å². The summed E-state index contributed by atoms with van der Waals surface area (Å²) in [7, 11) is 0. The number of rotatable bonds is 7. The Labute approximate surface area is 197 Å². The molecular formula is C25H27N7O2. The van der Waals surface area contributed by atoms with Crippen molar-refractivity contribution >= 4 is 22.8 Å². The molecule has 1 fully saturated rings. The monoisotopic (exact) mass is 457 g/mol. The molecule has 5 rings (SSSR count). The lowest BCUT2D eigenvalue weighted by atomic mass is 10.1. The third kappa shape index (κ3) is 4.90. The highest BCUT2D eigenvalue weighted by Gasteiger charge is 2.15. The molecule has 9 heteroatoms. The van der Waals surface area contributed by atoms with Crippen molar-refractivity contribution in [1.29, 1.82) is 0 Å². The zero-order valence-electron chi connectivity index (χ0n) is 18.8. The molecule has 0 bridgehead atoms. The van der Waals surface area contributed by atoms with Crippen molar-refractivity contribution in [1.82, 2.24) is 30.2 Å². The summed E-state index contributed by atoms with van der Waals surface area (Å²) >= 11 is 0. The van der Waals surface area contributed by atoms with Crippen LogP contribution in [0.3, 0.4) is 0 Å². The van der Waals surface area contributed by atoms with Crippen LogP contribution in [0.25, 0.3) is 33.8 Å². The quantitative estimate of drug-likeness (QED) is 0.365. The number of fused-ring (bicyclic) bond motifs is 1. The van der Waals surface area contributed by atoms with Crippen LogP contribution in [0.5, 0.6) is 0 Å². The minimum atomic E-state index is -0.107. The van der Waals surface area contributed by atoms with Gasteiger partial charge in [-0.25, -0.2) is 15.0 Å². The van der Waals surface area contributed by atoms with Crippen LogP contribution in [0, 0.1) is 0 Å². The number of para-hydroxylation sites is 2. The molecule has 9 nitrogen and oxygen atoms in total. The van der Waals surface area contributed by atoms with Crippen molar-refractivity contribution < 1.29 is 9.53 Å². The first-order chi connectivity index (χ1) is 16.7. The Bertz CT molecular complexity index is 1260. The maximum Gasteiger partial charge on any atom is 0.251 e. The number of hydrogen-bond donors (Lipinski definition) is 3. The van der Waals surface area contributed by atoms with Crippen molar-refractivity contribution in [2.75, 3.05) is 45.1 Å². The van der Waals surface area contributed by atoms with Crippen molar-refractivity contribution in [2.45, 2.75) is 6.42 Å². The third-order valence-corrected chi connectivity index (χ3v) is 5.88. The van der Waals surface area contributed by atoms with Crippen LogP contribution in [0.1, 0.15) is 16.8 Å². The number of H-pyrrole nitrogens is 1. The third-order valence-electron chi connectivity index (χ3n) is 5.88. The van der Waals surface area contributed by atoms with Gasteiger partial charge in [-0.15, -0.1) is 0 Å². The Morgan fingerprint density at radius 3 is 2.82 bits per heavy atom. The second-order valence-electron chi connectivity index (χ2n) is 8.24. The number of nitrogen functional groups attached to an aromatic ring is 1. The van der Waals surface area contributed by atoms with Gasteiger partial charge in [0.25, 0.3) is 5.91 Å². The first-order valence-corrected chi connectivity index (χ1v) is 11.4. The van der Waals surface area contributed by atoms with E-state index in [1.165, 1.54) is 0 Å². The Morgan fingerprint density at radius 1 is 1.12 bits per heavy atom. The van der Waals surface area contributed by atoms with E-state index in [0.29, 0.717) is 29.3 Å². The molecule has 1 amide bonds. The van der Waals surface area contributed by atoms with E-state index in [1.54, 1.807) is 12.3 Å². The summed E-state index contributed by atoms with van der Waals surface area (Å²) in [5, 5.41) is 3.01. The molecule has 4 aromatic rings. The number of anilines is 1. The zero-order chi connectivity index (χ0) is 23.3. The number of nitrogens with one attached hydrogen (secondary N) is 2. The molecule has 0 aliphatic carbocycles. The van der Waals surface area contributed by atoms with Gasteiger partial charge in [-0.2, -0.15) is 0 Å². The number of imidazole rings is 1. The average Bonchev–Trinajstić information content (AvgIpc) is 3.31. The summed E-state index contributed by atoms with van der Waals surface area (Å²) in [5.41, 5.74) is 10.3. The minimum Gasteiger partial charge on any atom is -0.382 e. The van der Waals surface area contributed by atoms with E-state index in [1.807, 2.05) is 42.5 Å². The van der Waals surface area contributed by atoms with Crippen LogP contribution >= 0.6 is 0 Å². The van der Waals surface area contributed by atoms with Gasteiger partial charge in [0.05, 0.1) is 36.1 Å². The van der Waals surface area contributed by atoms with Crippen LogP contribution in [0.15, 0.2) is 54.7 Å². The van der Waals surface area contributed by atoms with Crippen molar-refractivity contribution in [2.24, 2.45) is 0 Å². The summed E-state index contributed by atoms with van der Waals surface area (Å²) in [4.78, 5) is 31.9. The Morgan fingerprint density at radius 2 is 1.97 bits per heavy atom. The number of benzene rings is 2. The van der Waals surface area contributed by atoms with E-state index in [4.69, 9.17) is 15.5 Å². The molecule has 0 radical (unpaired) electrons. The number of aromatic nitrogens is 4. The SMILES string of the molecule is Nc1ncc(-c2cccc(C(=O)NCCCN3CCOCC3)c2)nc1-c1nc2ccccc2[nH]1. The molecular weight excluding hydrogens is 430 g/mol. The van der Waals surface area contributed by atoms with Gasteiger partial charge in [-0.1, -0.05) is 24.3 Å². The van der Waals surface area contributed by atoms with Gasteiger partial charge in [0.1, 0.15) is 5.69 Å². The number of morpholine rings is 1. The van der Waals surface area contributed by atoms with Gasteiger partial charge < -0.3 is 20.8 Å². The van der Waals surface area contributed by atoms with Crippen LogP contribution in [-0.2, 0) is 4.74 Å². The lowest BCUT2D eigenvalue weighted by molar-refractivity contribution is 0.0374. The lowest BCUT2D eigenvalue weighted by Crippen LogP contribution is -2.38. The summed E-state index contributed by atoms with van der Waals surface area (Å²) in [6, 6.07) is 15.1. The van der Waals surface area contributed by atoms with Crippen molar-refractivity contribution in [3.8, 4) is 22.8 Å². The van der Waals surface area contributed by atoms with E-state index in [-0.39, 0.29) is 11.7 Å². The molecule has 34 heavy (non-hydrogen) atoms. The number of ether oxygens (including phenoxy) is 1. The van der Waals surface area contributed by atoms with Gasteiger partial charge in [0, 0.05) is 30.8 Å². The number of nitrogens with zero attached hydrogens (tertiary/aromatic N) is 4. The Balaban J connectivity index is 1.29. The molecule has 3 heterocycles. The smallest absolute Gasteiger partial charge is 0.251 e. The molecule has 1 aliphatic heterocycles. The first kappa shape index (κ1) is 22.0. The molecule has 2 aromatic carbocycles. The minimum absolute atomic E-state index is 0.107. The summed E-state index contributed by atoms with van der Waals surface area (Å²) in [6.07, 6.45) is 2.51. The number of hydrogen-bond acceptors (Lipinski definition) is 7. The number of aromatic amines is 1. The Hall–Kier alpha value is -3.82. The van der Waals surface area contributed by atoms with E-state index in [0.717, 1.165) is 55.9 Å². The molecule has 2 aromatic heterocycles. The first-order valence-electron chi connectivity index (χ1n) is 11.4. The molecule has 174 valence electrons. The molecule has 0 spiro atoms. The van der Waals surface area contributed by atoms with E-state index in [9.17, 15) is 4.79 Å². The fourth-order valence-electron chi connectivity index (χ4n) is 4.03. The van der Waals surface area contributed by atoms with Crippen molar-refractivity contribution in [3.63, 3.8) is 0 Å². The van der Waals surface area contributed by atoms with Crippen LogP contribution in [0.2, 0.25) is 0 Å². The highest BCUT2D eigenvalue weighted by Crippen LogP contribution is 2.26. The van der Waals surface area contributed by atoms with Crippen molar-refractivity contribution in [3.05, 3.63) is 60.3 Å². The molecule has 1 aliphatic rings. The molecule has 0 unspecified atom stereocenters. The Kier molecular flexibility index (Phi) is 6.46. The summed E-state index contributed by atoms with van der Waals surface area (Å²) in [6.45, 7) is 5.05. The van der Waals surface area contributed by atoms with Crippen LogP contribution in [-0.4, -0.2) is 70.1 Å². The average molecular weight is 458 g/mol. The molecule has 0 saturated carbocycles. The molecule has 4 N–H and O–H groups in total.